The van der Waals surface area contributed by atoms with Gasteiger partial charge in [-0.15, -0.1) is 4.94 Å². The third-order valence-electron chi connectivity index (χ3n) is 4.06. The fourth-order valence-electron chi connectivity index (χ4n) is 2.61. The first-order chi connectivity index (χ1) is 11.8. The number of hydrogen-bond acceptors (Lipinski definition) is 9. The van der Waals surface area contributed by atoms with Crippen LogP contribution in [0.1, 0.15) is 6.42 Å². The molecule has 146 valence electrons. The zero-order valence-corrected chi connectivity index (χ0v) is 17.1. The van der Waals surface area contributed by atoms with E-state index in [1.165, 1.54) is 11.1 Å². The van der Waals surface area contributed by atoms with E-state index in [1.807, 2.05) is 19.0 Å². The molecule has 1 atom stereocenters. The van der Waals surface area contributed by atoms with E-state index in [9.17, 15) is 8.78 Å². The van der Waals surface area contributed by atoms with Gasteiger partial charge in [0, 0.05) is 31.3 Å². The van der Waals surface area contributed by atoms with Gasteiger partial charge in [0.15, 0.2) is 5.82 Å². The van der Waals surface area contributed by atoms with E-state index in [0.717, 1.165) is 32.9 Å². The Bertz CT molecular complexity index is 662. The number of thiol groups is 1. The zero-order valence-electron chi connectivity index (χ0n) is 14.3. The van der Waals surface area contributed by atoms with Crippen molar-refractivity contribution in [1.82, 2.24) is 14.5 Å². The summed E-state index contributed by atoms with van der Waals surface area (Å²) in [4.78, 5) is 8.99. The standard InChI is InChI=1S/C14H20F2N6OS2.H2S/c1-18(2)10-3-4-19(9-10)13-7-12(16)14(8-11(13)15)21(24)25-22(17)23-20-5-6-20;/h5-8,10,24H,3-4,9,17H2,1-2H3;1H2. The third-order valence-corrected chi connectivity index (χ3v) is 5.07. The van der Waals surface area contributed by atoms with Gasteiger partial charge in [-0.3, -0.25) is 0 Å². The minimum Gasteiger partial charge on any atom is -0.367 e. The average Bonchev–Trinajstić information content (AvgIpc) is 3.20. The van der Waals surface area contributed by atoms with E-state index in [2.05, 4.69) is 17.7 Å². The molecule has 0 aromatic heterocycles. The van der Waals surface area contributed by atoms with E-state index >= 15 is 0 Å². The summed E-state index contributed by atoms with van der Waals surface area (Å²) in [5.74, 6) is 4.49. The van der Waals surface area contributed by atoms with Crippen molar-refractivity contribution in [1.29, 1.82) is 0 Å². The Labute approximate surface area is 168 Å². The maximum absolute atomic E-state index is 14.5. The van der Waals surface area contributed by atoms with Crippen molar-refractivity contribution < 1.29 is 13.7 Å². The molecule has 0 saturated carbocycles. The van der Waals surface area contributed by atoms with Crippen LogP contribution in [0.4, 0.5) is 20.2 Å². The summed E-state index contributed by atoms with van der Waals surface area (Å²) >= 11 is 4.90. The van der Waals surface area contributed by atoms with Crippen molar-refractivity contribution in [2.75, 3.05) is 35.8 Å². The van der Waals surface area contributed by atoms with Gasteiger partial charge >= 0.3 is 0 Å². The predicted octanol–water partition coefficient (Wildman–Crippen LogP) is 2.24. The van der Waals surface area contributed by atoms with Crippen LogP contribution in [0.2, 0.25) is 0 Å². The van der Waals surface area contributed by atoms with Gasteiger partial charge in [0.25, 0.3) is 0 Å². The van der Waals surface area contributed by atoms with Crippen molar-refractivity contribution in [3.8, 4) is 0 Å². The van der Waals surface area contributed by atoms with Crippen LogP contribution in [0.25, 0.3) is 0 Å². The molecule has 1 unspecified atom stereocenters. The lowest BCUT2D eigenvalue weighted by Crippen LogP contribution is -2.32. The topological polar surface area (TPSA) is 51.2 Å². The highest BCUT2D eigenvalue weighted by Crippen LogP contribution is 2.35. The van der Waals surface area contributed by atoms with Gasteiger partial charge in [-0.2, -0.15) is 13.5 Å². The highest BCUT2D eigenvalue weighted by Gasteiger charge is 2.27. The summed E-state index contributed by atoms with van der Waals surface area (Å²) in [5, 5.41) is 1.35. The van der Waals surface area contributed by atoms with Crippen LogP contribution >= 0.6 is 38.4 Å². The number of hydrogen-bond donors (Lipinski definition) is 2. The molecule has 2 aliphatic heterocycles. The molecule has 1 aromatic carbocycles. The molecule has 3 rings (SSSR count). The second-order valence-electron chi connectivity index (χ2n) is 5.99. The third kappa shape index (κ3) is 5.09. The maximum atomic E-state index is 14.5. The summed E-state index contributed by atoms with van der Waals surface area (Å²) in [7, 11) is 3.97. The first-order valence-corrected chi connectivity index (χ1v) is 8.75. The predicted molar refractivity (Wildman–Crippen MR) is 108 cm³/mol. The highest BCUT2D eigenvalue weighted by atomic mass is 32.2. The van der Waals surface area contributed by atoms with Gasteiger partial charge in [0.2, 0.25) is 0 Å². The first kappa shape index (κ1) is 21.4. The summed E-state index contributed by atoms with van der Waals surface area (Å²) in [6.45, 7) is 1.35. The van der Waals surface area contributed by atoms with Crippen LogP contribution in [-0.4, -0.2) is 47.8 Å². The van der Waals surface area contributed by atoms with Gasteiger partial charge in [-0.25, -0.2) is 23.4 Å². The molecule has 12 heteroatoms. The Morgan fingerprint density at radius 2 is 1.96 bits per heavy atom. The van der Waals surface area contributed by atoms with Crippen molar-refractivity contribution >= 4 is 49.8 Å². The Balaban J connectivity index is 0.00000243. The summed E-state index contributed by atoms with van der Waals surface area (Å²) in [6.07, 6.45) is 4.18. The second-order valence-corrected chi connectivity index (χ2v) is 7.55. The molecule has 0 radical (unpaired) electrons. The number of benzene rings is 1. The summed E-state index contributed by atoms with van der Waals surface area (Å²) < 4.78 is 31.0. The van der Waals surface area contributed by atoms with E-state index in [0.29, 0.717) is 19.1 Å². The number of rotatable bonds is 7. The lowest BCUT2D eigenvalue weighted by Gasteiger charge is -2.25. The van der Waals surface area contributed by atoms with Gasteiger partial charge in [0.05, 0.1) is 35.9 Å². The van der Waals surface area contributed by atoms with Crippen LogP contribution < -0.4 is 14.5 Å². The molecule has 1 saturated heterocycles. The van der Waals surface area contributed by atoms with Crippen molar-refractivity contribution in [2.45, 2.75) is 12.5 Å². The molecule has 2 heterocycles. The Morgan fingerprint density at radius 1 is 1.27 bits per heavy atom. The fraction of sp³-hybridized carbons (Fsp3) is 0.429. The molecular formula is C14H22F2N6OS3. The summed E-state index contributed by atoms with van der Waals surface area (Å²) in [6, 6.07) is 2.63. The Hall–Kier alpha value is -0.890. The van der Waals surface area contributed by atoms with Gasteiger partial charge < -0.3 is 9.80 Å². The van der Waals surface area contributed by atoms with Crippen LogP contribution in [0.3, 0.4) is 0 Å². The number of nitrogens with zero attached hydrogens (tertiary/aromatic N) is 5. The van der Waals surface area contributed by atoms with Crippen molar-refractivity contribution in [3.63, 3.8) is 0 Å². The molecule has 0 spiro atoms. The van der Waals surface area contributed by atoms with Crippen LogP contribution in [0.5, 0.6) is 0 Å². The number of anilines is 2. The second kappa shape index (κ2) is 8.87. The molecule has 1 aromatic rings. The fourth-order valence-corrected chi connectivity index (χ4v) is 3.46. The van der Waals surface area contributed by atoms with Crippen molar-refractivity contribution in [3.05, 3.63) is 36.2 Å². The molecule has 0 bridgehead atoms. The number of hydroxylamine groups is 2. The Morgan fingerprint density at radius 3 is 2.54 bits per heavy atom. The SMILES string of the molecule is CN(C)C1CCN(c2cc(F)c(N(S)SN(N)ON3C=C3)cc2F)C1.S. The van der Waals surface area contributed by atoms with E-state index < -0.39 is 11.6 Å². The average molecular weight is 425 g/mol. The van der Waals surface area contributed by atoms with Gasteiger partial charge in [0.1, 0.15) is 5.82 Å². The zero-order chi connectivity index (χ0) is 18.1. The number of hydrazine groups is 1. The molecule has 0 amide bonds. The van der Waals surface area contributed by atoms with E-state index in [-0.39, 0.29) is 24.9 Å². The quantitative estimate of drug-likeness (QED) is 0.299. The number of nitrogens with two attached hydrogens (primary N) is 1. The molecule has 7 nitrogen and oxygen atoms in total. The first-order valence-electron chi connectivity index (χ1n) is 7.62. The van der Waals surface area contributed by atoms with Crippen LogP contribution in [0, 0.1) is 11.6 Å². The summed E-state index contributed by atoms with van der Waals surface area (Å²) in [5.41, 5.74) is 0.210. The molecule has 2 aliphatic rings. The minimum atomic E-state index is -0.592. The normalized spacial score (nSPS) is 18.7. The lowest BCUT2D eigenvalue weighted by atomic mass is 10.2. The van der Waals surface area contributed by atoms with Crippen LogP contribution in [-0.2, 0) is 4.94 Å². The Kier molecular flexibility index (Phi) is 7.30. The smallest absolute Gasteiger partial charge is 0.150 e. The van der Waals surface area contributed by atoms with E-state index in [4.69, 9.17) is 10.8 Å². The maximum Gasteiger partial charge on any atom is 0.150 e. The molecular weight excluding hydrogens is 402 g/mol. The monoisotopic (exact) mass is 424 g/mol. The van der Waals surface area contributed by atoms with Crippen molar-refractivity contribution in [2.24, 2.45) is 5.84 Å². The number of likely N-dealkylation sites (N-methyl/N-ethyl adjacent to an activating group) is 1. The van der Waals surface area contributed by atoms with E-state index in [1.54, 1.807) is 12.4 Å². The van der Waals surface area contributed by atoms with Gasteiger partial charge in [-0.1, -0.05) is 12.8 Å². The molecule has 1 fully saturated rings. The highest BCUT2D eigenvalue weighted by molar-refractivity contribution is 8.09. The largest absolute Gasteiger partial charge is 0.367 e. The minimum absolute atomic E-state index is 0. The van der Waals surface area contributed by atoms with Gasteiger partial charge in [-0.05, 0) is 25.1 Å². The molecule has 0 aliphatic carbocycles. The lowest BCUT2D eigenvalue weighted by molar-refractivity contribution is -0.206. The molecule has 2 N–H and O–H groups in total. The van der Waals surface area contributed by atoms with Crippen LogP contribution in [0.15, 0.2) is 24.5 Å². The molecule has 26 heavy (non-hydrogen) atoms. The number of halogens is 2.